The maximum absolute atomic E-state index is 12.6. The summed E-state index contributed by atoms with van der Waals surface area (Å²) in [6.07, 6.45) is 5.79. The van der Waals surface area contributed by atoms with Gasteiger partial charge in [0.1, 0.15) is 12.1 Å². The van der Waals surface area contributed by atoms with Gasteiger partial charge in [-0.25, -0.2) is 0 Å². The van der Waals surface area contributed by atoms with Gasteiger partial charge in [-0.05, 0) is 61.1 Å². The molecule has 4 rings (SSSR count). The normalized spacial score (nSPS) is 13.2. The number of nitrogens with one attached hydrogen (secondary N) is 1. The van der Waals surface area contributed by atoms with Gasteiger partial charge in [-0.1, -0.05) is 18.2 Å². The lowest BCUT2D eigenvalue weighted by Gasteiger charge is -2.17. The summed E-state index contributed by atoms with van der Waals surface area (Å²) in [7, 11) is 0. The number of benzene rings is 2. The van der Waals surface area contributed by atoms with Gasteiger partial charge in [-0.3, -0.25) is 9.36 Å². The predicted octanol–water partition coefficient (Wildman–Crippen LogP) is 2.78. The van der Waals surface area contributed by atoms with Crippen molar-refractivity contribution < 1.29 is 9.90 Å². The molecule has 0 saturated heterocycles. The minimum absolute atomic E-state index is 0.0349. The quantitative estimate of drug-likeness (QED) is 0.760. The van der Waals surface area contributed by atoms with E-state index in [2.05, 4.69) is 15.5 Å². The van der Waals surface area contributed by atoms with Crippen LogP contribution in [0.3, 0.4) is 0 Å². The van der Waals surface area contributed by atoms with Crippen LogP contribution in [0.4, 0.5) is 0 Å². The fraction of sp³-hybridized carbons (Fsp3) is 0.250. The summed E-state index contributed by atoms with van der Waals surface area (Å²) >= 11 is 0. The molecule has 1 aromatic heterocycles. The molecule has 0 saturated carbocycles. The molecule has 0 bridgehead atoms. The number of para-hydroxylation sites is 1. The van der Waals surface area contributed by atoms with Crippen molar-refractivity contribution in [3.8, 4) is 11.4 Å². The molecule has 0 unspecified atom stereocenters. The van der Waals surface area contributed by atoms with Gasteiger partial charge in [0.15, 0.2) is 5.82 Å². The smallest absolute Gasteiger partial charge is 0.255 e. The van der Waals surface area contributed by atoms with Gasteiger partial charge >= 0.3 is 0 Å². The number of carbonyl (C=O) groups is 1. The first-order chi connectivity index (χ1) is 12.7. The summed E-state index contributed by atoms with van der Waals surface area (Å²) in [6, 6.07) is 13.3. The number of nitrogens with zero attached hydrogens (tertiary/aromatic N) is 3. The van der Waals surface area contributed by atoms with Crippen LogP contribution in [0.5, 0.6) is 5.75 Å². The molecular weight excluding hydrogens is 328 g/mol. The summed E-state index contributed by atoms with van der Waals surface area (Å²) in [4.78, 5) is 12.6. The Labute approximate surface area is 151 Å². The van der Waals surface area contributed by atoms with Crippen LogP contribution >= 0.6 is 0 Å². The number of aryl methyl sites for hydroxylation is 2. The Hall–Kier alpha value is -3.15. The zero-order valence-electron chi connectivity index (χ0n) is 14.4. The Bertz CT molecular complexity index is 934. The molecule has 0 aliphatic heterocycles. The van der Waals surface area contributed by atoms with Crippen LogP contribution < -0.4 is 5.32 Å². The van der Waals surface area contributed by atoms with E-state index in [1.165, 1.54) is 0 Å². The van der Waals surface area contributed by atoms with Gasteiger partial charge in [0.2, 0.25) is 0 Å². The molecule has 26 heavy (non-hydrogen) atoms. The third-order valence-electron chi connectivity index (χ3n) is 4.76. The highest BCUT2D eigenvalue weighted by Gasteiger charge is 2.18. The van der Waals surface area contributed by atoms with Crippen molar-refractivity contribution in [2.24, 2.45) is 0 Å². The molecule has 1 amide bonds. The van der Waals surface area contributed by atoms with E-state index >= 15 is 0 Å². The molecule has 1 heterocycles. The van der Waals surface area contributed by atoms with Crippen LogP contribution in [0.15, 0.2) is 48.8 Å². The molecular formula is C20H20N4O2. The van der Waals surface area contributed by atoms with Gasteiger partial charge in [-0.2, -0.15) is 0 Å². The third-order valence-corrected chi connectivity index (χ3v) is 4.76. The lowest BCUT2D eigenvalue weighted by atomic mass is 9.90. The van der Waals surface area contributed by atoms with Crippen LogP contribution in [0.2, 0.25) is 0 Å². The number of carbonyl (C=O) groups excluding carboxylic acids is 1. The maximum Gasteiger partial charge on any atom is 0.255 e. The maximum atomic E-state index is 12.6. The third kappa shape index (κ3) is 3.18. The Balaban J connectivity index is 1.51. The van der Waals surface area contributed by atoms with Crippen LogP contribution in [0.25, 0.3) is 5.69 Å². The Morgan fingerprint density at radius 1 is 1.12 bits per heavy atom. The molecule has 6 heteroatoms. The molecule has 2 N–H and O–H groups in total. The van der Waals surface area contributed by atoms with E-state index in [-0.39, 0.29) is 18.2 Å². The Morgan fingerprint density at radius 2 is 1.85 bits per heavy atom. The van der Waals surface area contributed by atoms with Crippen molar-refractivity contribution in [2.75, 3.05) is 0 Å². The topological polar surface area (TPSA) is 80.0 Å². The Morgan fingerprint density at radius 3 is 2.62 bits per heavy atom. The van der Waals surface area contributed by atoms with Crippen LogP contribution in [0.1, 0.15) is 40.2 Å². The summed E-state index contributed by atoms with van der Waals surface area (Å²) in [6.45, 7) is 0.226. The number of rotatable bonds is 4. The minimum atomic E-state index is -0.307. The molecule has 3 aromatic rings. The lowest BCUT2D eigenvalue weighted by molar-refractivity contribution is 0.0947. The largest absolute Gasteiger partial charge is 0.507 e. The number of aromatic nitrogens is 3. The fourth-order valence-corrected chi connectivity index (χ4v) is 3.39. The van der Waals surface area contributed by atoms with Crippen molar-refractivity contribution in [1.82, 2.24) is 20.1 Å². The number of fused-ring (bicyclic) bond motifs is 1. The lowest BCUT2D eigenvalue weighted by Crippen LogP contribution is -2.25. The van der Waals surface area contributed by atoms with E-state index < -0.39 is 0 Å². The summed E-state index contributed by atoms with van der Waals surface area (Å²) < 4.78 is 1.83. The van der Waals surface area contributed by atoms with E-state index in [1.54, 1.807) is 12.4 Å². The fourth-order valence-electron chi connectivity index (χ4n) is 3.39. The van der Waals surface area contributed by atoms with Gasteiger partial charge in [0, 0.05) is 5.69 Å². The van der Waals surface area contributed by atoms with Crippen molar-refractivity contribution >= 4 is 5.91 Å². The SMILES string of the molecule is O=C(NCc1nncn1-c1ccccc1)c1cc2c(cc1O)CCCC2. The van der Waals surface area contributed by atoms with Gasteiger partial charge in [0.05, 0.1) is 12.1 Å². The first kappa shape index (κ1) is 16.3. The number of phenolic OH excluding ortho intramolecular Hbond substituents is 1. The van der Waals surface area contributed by atoms with Gasteiger partial charge in [-0.15, -0.1) is 10.2 Å². The summed E-state index contributed by atoms with van der Waals surface area (Å²) in [5.74, 6) is 0.355. The Kier molecular flexibility index (Phi) is 4.39. The van der Waals surface area contributed by atoms with Crippen LogP contribution in [0, 0.1) is 0 Å². The number of phenols is 1. The molecule has 132 valence electrons. The number of hydrogen-bond donors (Lipinski definition) is 2. The van der Waals surface area contributed by atoms with E-state index in [1.807, 2.05) is 41.0 Å². The molecule has 1 aliphatic carbocycles. The average Bonchev–Trinajstić information content (AvgIpc) is 3.15. The van der Waals surface area contributed by atoms with E-state index in [0.717, 1.165) is 42.5 Å². The first-order valence-corrected chi connectivity index (χ1v) is 8.79. The molecule has 2 aromatic carbocycles. The first-order valence-electron chi connectivity index (χ1n) is 8.79. The van der Waals surface area contributed by atoms with Gasteiger partial charge < -0.3 is 10.4 Å². The number of hydrogen-bond acceptors (Lipinski definition) is 4. The molecule has 0 spiro atoms. The van der Waals surface area contributed by atoms with Crippen molar-refractivity contribution in [1.29, 1.82) is 0 Å². The molecule has 6 nitrogen and oxygen atoms in total. The standard InChI is InChI=1S/C20H20N4O2/c25-18-11-15-7-5-4-6-14(15)10-17(18)20(26)21-12-19-23-22-13-24(19)16-8-2-1-3-9-16/h1-3,8-11,13,25H,4-7,12H2,(H,21,26). The number of aromatic hydroxyl groups is 1. The van der Waals surface area contributed by atoms with Gasteiger partial charge in [0.25, 0.3) is 5.91 Å². The second kappa shape index (κ2) is 7.00. The second-order valence-corrected chi connectivity index (χ2v) is 6.48. The van der Waals surface area contributed by atoms with Crippen molar-refractivity contribution in [3.63, 3.8) is 0 Å². The van der Waals surface area contributed by atoms with Crippen molar-refractivity contribution in [2.45, 2.75) is 32.2 Å². The zero-order valence-corrected chi connectivity index (χ0v) is 14.4. The molecule has 0 radical (unpaired) electrons. The predicted molar refractivity (Wildman–Crippen MR) is 97.3 cm³/mol. The van der Waals surface area contributed by atoms with E-state index in [0.29, 0.717) is 11.4 Å². The highest BCUT2D eigenvalue weighted by atomic mass is 16.3. The van der Waals surface area contributed by atoms with Crippen LogP contribution in [-0.2, 0) is 19.4 Å². The highest BCUT2D eigenvalue weighted by molar-refractivity contribution is 5.97. The average molecular weight is 348 g/mol. The number of amides is 1. The molecule has 0 fully saturated rings. The summed E-state index contributed by atoms with van der Waals surface area (Å²) in [5.41, 5.74) is 3.55. The summed E-state index contributed by atoms with van der Waals surface area (Å²) in [5, 5.41) is 21.1. The van der Waals surface area contributed by atoms with Crippen molar-refractivity contribution in [3.05, 3.63) is 71.3 Å². The molecule has 1 aliphatic rings. The van der Waals surface area contributed by atoms with E-state index in [4.69, 9.17) is 0 Å². The molecule has 0 atom stereocenters. The van der Waals surface area contributed by atoms with E-state index in [9.17, 15) is 9.90 Å². The highest BCUT2D eigenvalue weighted by Crippen LogP contribution is 2.28. The monoisotopic (exact) mass is 348 g/mol. The second-order valence-electron chi connectivity index (χ2n) is 6.48. The zero-order chi connectivity index (χ0) is 17.9. The minimum Gasteiger partial charge on any atom is -0.507 e. The van der Waals surface area contributed by atoms with Crippen LogP contribution in [-0.4, -0.2) is 25.8 Å².